The third-order valence-electron chi connectivity index (χ3n) is 3.99. The summed E-state index contributed by atoms with van der Waals surface area (Å²) in [6, 6.07) is 7.90. The van der Waals surface area contributed by atoms with Crippen LogP contribution in [0.25, 0.3) is 16.6 Å². The fourth-order valence-electron chi connectivity index (χ4n) is 2.86. The Bertz CT molecular complexity index is 891. The molecule has 3 heterocycles. The Balaban J connectivity index is 1.82. The van der Waals surface area contributed by atoms with Crippen LogP contribution in [-0.2, 0) is 4.79 Å². The first-order valence-corrected chi connectivity index (χ1v) is 8.67. The van der Waals surface area contributed by atoms with Gasteiger partial charge in [0.05, 0.1) is 10.8 Å². The molecule has 1 saturated heterocycles. The van der Waals surface area contributed by atoms with E-state index in [9.17, 15) is 4.79 Å². The van der Waals surface area contributed by atoms with E-state index in [1.165, 1.54) is 11.8 Å². The van der Waals surface area contributed by atoms with Gasteiger partial charge in [-0.05, 0) is 31.9 Å². The summed E-state index contributed by atoms with van der Waals surface area (Å²) in [4.78, 5) is 21.5. The lowest BCUT2D eigenvalue weighted by Gasteiger charge is -2.13. The molecule has 0 aliphatic carbocycles. The molecule has 0 radical (unpaired) electrons. The lowest BCUT2D eigenvalue weighted by Crippen LogP contribution is -2.30. The van der Waals surface area contributed by atoms with Crippen LogP contribution in [0.2, 0.25) is 0 Å². The molecule has 3 aromatic rings. The first kappa shape index (κ1) is 14.4. The molecular formula is C16H17N5OS. The van der Waals surface area contributed by atoms with Crippen LogP contribution in [0.4, 0.5) is 0 Å². The van der Waals surface area contributed by atoms with E-state index in [0.29, 0.717) is 5.82 Å². The van der Waals surface area contributed by atoms with Crippen molar-refractivity contribution in [3.63, 3.8) is 0 Å². The molecule has 0 saturated carbocycles. The van der Waals surface area contributed by atoms with Crippen molar-refractivity contribution in [3.8, 4) is 0 Å². The molecule has 6 nitrogen and oxygen atoms in total. The normalized spacial score (nSPS) is 19.0. The zero-order valence-electron chi connectivity index (χ0n) is 12.8. The average Bonchev–Trinajstić information content (AvgIpc) is 2.84. The molecule has 1 unspecified atom stereocenters. The predicted molar refractivity (Wildman–Crippen MR) is 89.5 cm³/mol. The van der Waals surface area contributed by atoms with Gasteiger partial charge in [-0.25, -0.2) is 9.97 Å². The van der Waals surface area contributed by atoms with Crippen molar-refractivity contribution in [1.29, 1.82) is 0 Å². The second-order valence-electron chi connectivity index (χ2n) is 5.70. The minimum absolute atomic E-state index is 0.0902. The number of carbonyl (C=O) groups excluding carboxylic acids is 1. The Morgan fingerprint density at radius 2 is 2.13 bits per heavy atom. The van der Waals surface area contributed by atoms with Gasteiger partial charge in [0.25, 0.3) is 0 Å². The fraction of sp³-hybridized carbons (Fsp3) is 0.375. The smallest absolute Gasteiger partial charge is 0.233 e. The highest BCUT2D eigenvalue weighted by atomic mass is 32.2. The van der Waals surface area contributed by atoms with Gasteiger partial charge in [-0.1, -0.05) is 30.3 Å². The monoisotopic (exact) mass is 327 g/mol. The summed E-state index contributed by atoms with van der Waals surface area (Å²) >= 11 is 1.48. The molecule has 1 atom stereocenters. The third-order valence-corrected chi connectivity index (χ3v) is 5.20. The van der Waals surface area contributed by atoms with Crippen LogP contribution in [0.3, 0.4) is 0 Å². The Labute approximate surface area is 137 Å². The van der Waals surface area contributed by atoms with E-state index in [4.69, 9.17) is 4.98 Å². The highest BCUT2D eigenvalue weighted by Gasteiger charge is 2.24. The van der Waals surface area contributed by atoms with Crippen molar-refractivity contribution in [2.75, 3.05) is 6.54 Å². The number of thioether (sulfide) groups is 1. The second kappa shape index (κ2) is 5.81. The highest BCUT2D eigenvalue weighted by molar-refractivity contribution is 8.00. The summed E-state index contributed by atoms with van der Waals surface area (Å²) in [6.45, 7) is 2.63. The van der Waals surface area contributed by atoms with E-state index in [-0.39, 0.29) is 11.2 Å². The summed E-state index contributed by atoms with van der Waals surface area (Å²) in [5.74, 6) is 0.794. The van der Waals surface area contributed by atoms with Crippen LogP contribution in [0, 0.1) is 6.92 Å². The number of nitrogens with zero attached hydrogens (tertiary/aromatic N) is 4. The standard InChI is InChI=1S/C16H17N5OS/c1-10-18-14-11-6-2-3-7-12(11)19-16(21(14)20-10)23-13-8-4-5-9-17-15(13)22/h2-3,6-7,13H,4-5,8-9H2,1H3,(H,17,22). The number of benzene rings is 1. The summed E-state index contributed by atoms with van der Waals surface area (Å²) in [5.41, 5.74) is 1.67. The number of nitrogens with one attached hydrogen (secondary N) is 1. The predicted octanol–water partition coefficient (Wildman–Crippen LogP) is 2.35. The van der Waals surface area contributed by atoms with Crippen molar-refractivity contribution >= 4 is 34.2 Å². The highest BCUT2D eigenvalue weighted by Crippen LogP contribution is 2.29. The van der Waals surface area contributed by atoms with Gasteiger partial charge in [0.2, 0.25) is 5.91 Å². The van der Waals surface area contributed by atoms with Crippen LogP contribution in [-0.4, -0.2) is 37.3 Å². The van der Waals surface area contributed by atoms with Crippen LogP contribution < -0.4 is 5.32 Å². The topological polar surface area (TPSA) is 72.2 Å². The number of para-hydroxylation sites is 1. The van der Waals surface area contributed by atoms with E-state index in [1.807, 2.05) is 31.2 Å². The lowest BCUT2D eigenvalue weighted by atomic mass is 10.2. The van der Waals surface area contributed by atoms with Gasteiger partial charge < -0.3 is 5.32 Å². The van der Waals surface area contributed by atoms with Crippen molar-refractivity contribution in [3.05, 3.63) is 30.1 Å². The molecule has 2 aromatic heterocycles. The molecule has 0 spiro atoms. The number of fused-ring (bicyclic) bond motifs is 3. The van der Waals surface area contributed by atoms with Crippen molar-refractivity contribution < 1.29 is 4.79 Å². The zero-order chi connectivity index (χ0) is 15.8. The second-order valence-corrected chi connectivity index (χ2v) is 6.87. The minimum Gasteiger partial charge on any atom is -0.355 e. The molecule has 0 bridgehead atoms. The Hall–Kier alpha value is -2.15. The van der Waals surface area contributed by atoms with E-state index in [1.54, 1.807) is 4.52 Å². The third kappa shape index (κ3) is 2.65. The van der Waals surface area contributed by atoms with Gasteiger partial charge in [0, 0.05) is 11.9 Å². The first-order chi connectivity index (χ1) is 11.2. The Morgan fingerprint density at radius 1 is 1.26 bits per heavy atom. The summed E-state index contributed by atoms with van der Waals surface area (Å²) in [7, 11) is 0. The molecule has 1 fully saturated rings. The van der Waals surface area contributed by atoms with Crippen LogP contribution in [0.5, 0.6) is 0 Å². The Kier molecular flexibility index (Phi) is 3.65. The molecule has 4 rings (SSSR count). The maximum Gasteiger partial charge on any atom is 0.233 e. The van der Waals surface area contributed by atoms with Gasteiger partial charge in [-0.2, -0.15) is 4.52 Å². The van der Waals surface area contributed by atoms with E-state index < -0.39 is 0 Å². The number of aryl methyl sites for hydroxylation is 1. The number of carbonyl (C=O) groups is 1. The fourth-order valence-corrected chi connectivity index (χ4v) is 3.97. The van der Waals surface area contributed by atoms with E-state index >= 15 is 0 Å². The number of aromatic nitrogens is 4. The quantitative estimate of drug-likeness (QED) is 0.732. The number of rotatable bonds is 2. The molecule has 1 N–H and O–H groups in total. The van der Waals surface area contributed by atoms with Gasteiger partial charge >= 0.3 is 0 Å². The molecule has 7 heteroatoms. The summed E-state index contributed by atoms with van der Waals surface area (Å²) < 4.78 is 1.76. The summed E-state index contributed by atoms with van der Waals surface area (Å²) in [6.07, 6.45) is 2.94. The van der Waals surface area contributed by atoms with Crippen molar-refractivity contribution in [2.24, 2.45) is 0 Å². The largest absolute Gasteiger partial charge is 0.355 e. The van der Waals surface area contributed by atoms with Gasteiger partial charge in [0.15, 0.2) is 10.8 Å². The maximum absolute atomic E-state index is 12.2. The molecular weight excluding hydrogens is 310 g/mol. The molecule has 1 aliphatic rings. The molecule has 23 heavy (non-hydrogen) atoms. The van der Waals surface area contributed by atoms with E-state index in [2.05, 4.69) is 15.4 Å². The Morgan fingerprint density at radius 3 is 3.04 bits per heavy atom. The lowest BCUT2D eigenvalue weighted by molar-refractivity contribution is -0.120. The van der Waals surface area contributed by atoms with Gasteiger partial charge in [-0.3, -0.25) is 4.79 Å². The van der Waals surface area contributed by atoms with Crippen molar-refractivity contribution in [1.82, 2.24) is 24.9 Å². The zero-order valence-corrected chi connectivity index (χ0v) is 13.6. The minimum atomic E-state index is -0.126. The van der Waals surface area contributed by atoms with Crippen LogP contribution in [0.1, 0.15) is 25.1 Å². The maximum atomic E-state index is 12.2. The molecule has 1 aliphatic heterocycles. The SMILES string of the molecule is Cc1nc2c3ccccc3nc(SC3CCCCNC3=O)n2n1. The number of hydrogen-bond donors (Lipinski definition) is 1. The van der Waals surface area contributed by atoms with Crippen LogP contribution in [0.15, 0.2) is 29.4 Å². The molecule has 118 valence electrons. The van der Waals surface area contributed by atoms with Gasteiger partial charge in [-0.15, -0.1) is 5.10 Å². The number of hydrogen-bond acceptors (Lipinski definition) is 5. The summed E-state index contributed by atoms with van der Waals surface area (Å²) in [5, 5.41) is 9.01. The number of amides is 1. The van der Waals surface area contributed by atoms with Gasteiger partial charge in [0.1, 0.15) is 5.82 Å². The first-order valence-electron chi connectivity index (χ1n) is 7.79. The molecule has 1 aromatic carbocycles. The molecule has 1 amide bonds. The van der Waals surface area contributed by atoms with Crippen LogP contribution >= 0.6 is 11.8 Å². The van der Waals surface area contributed by atoms with Crippen molar-refractivity contribution in [2.45, 2.75) is 36.6 Å². The van der Waals surface area contributed by atoms with E-state index in [0.717, 1.165) is 47.5 Å². The average molecular weight is 327 g/mol.